The van der Waals surface area contributed by atoms with Gasteiger partial charge in [0.15, 0.2) is 28.6 Å². The van der Waals surface area contributed by atoms with Gasteiger partial charge in [-0.05, 0) is 169 Å². The van der Waals surface area contributed by atoms with Crippen molar-refractivity contribution in [3.05, 3.63) is 106 Å². The molecule has 17 nitrogen and oxygen atoms in total. The highest BCUT2D eigenvalue weighted by Crippen LogP contribution is 2.47. The topological polar surface area (TPSA) is 227 Å². The molecule has 2 saturated heterocycles. The van der Waals surface area contributed by atoms with Crippen molar-refractivity contribution in [2.75, 3.05) is 26.4 Å². The maximum atomic E-state index is 13.9. The first-order chi connectivity index (χ1) is 42.5. The maximum absolute atomic E-state index is 13.9. The largest absolute Gasteiger partial charge is 0.464 e. The minimum Gasteiger partial charge on any atom is -0.464 e. The first-order valence-electron chi connectivity index (χ1n) is 33.2. The van der Waals surface area contributed by atoms with Crippen LogP contribution in [-0.2, 0) is 54.8 Å². The van der Waals surface area contributed by atoms with E-state index < -0.39 is 38.6 Å². The van der Waals surface area contributed by atoms with E-state index in [-0.39, 0.29) is 96.1 Å². The molecule has 4 unspecified atom stereocenters. The summed E-state index contributed by atoms with van der Waals surface area (Å²) >= 11 is 0. The number of esters is 1. The second-order valence-electron chi connectivity index (χ2n) is 31.9. The fourth-order valence-electron chi connectivity index (χ4n) is 12.9. The molecule has 2 aliphatic carbocycles. The molecule has 2 aliphatic heterocycles. The van der Waals surface area contributed by atoms with Crippen LogP contribution >= 0.6 is 0 Å². The number of rotatable bonds is 25. The lowest BCUT2D eigenvalue weighted by Crippen LogP contribution is -2.52. The van der Waals surface area contributed by atoms with E-state index in [9.17, 15) is 30.0 Å². The standard InChI is InChI=1S/C38H56N4O5Si.C34H50N4O4Si/c1-10-11-18-46-35(44)38(6)23-29(22-37(4,5)47-38)31-13-12-28(33(41-31)27-14-16-36(2,3)17-15-27)21-32(43)34-40-30(24-39)25-42(34)26-45-19-20-48(7,8)9;1-32(2)13-11-24(12-14-32)30-25(9-10-28(37-30)26-18-33(3,4)42-34(5,19-26)22-39)17-29(40)31-36-27(20-35)21-38(31)23-41-15-16-43(6,7)8/h12-14,25,29H,10-11,15-23,26H2,1-9H3;9-11,21,26,39H,12-19,22-23H2,1-8H3. The summed E-state index contributed by atoms with van der Waals surface area (Å²) in [7, 11) is -2.53. The Morgan fingerprint density at radius 1 is 0.626 bits per heavy atom. The molecule has 2 fully saturated rings. The van der Waals surface area contributed by atoms with Crippen molar-refractivity contribution in [3.63, 3.8) is 0 Å². The summed E-state index contributed by atoms with van der Waals surface area (Å²) in [5, 5.41) is 29.2. The SMILES string of the molecule is CC1(C)CC=C(c2nc(C3CC(C)(C)OC(C)(CO)C3)ccc2CC(=O)c2nc(C#N)cn2COCC[Si](C)(C)C)CC1.CCCCOC(=O)C1(C)CC(c2ccc(CC(=O)c3nc(C#N)cn3COCC[Si](C)(C)C)c(C3=CCC(C)(C)CC3)n2)CC(C)(C)O1. The van der Waals surface area contributed by atoms with Crippen molar-refractivity contribution >= 4 is 44.8 Å². The Bertz CT molecular complexity index is 3390. The molecular weight excluding hydrogens is 1180 g/mol. The van der Waals surface area contributed by atoms with Gasteiger partial charge in [-0.2, -0.15) is 10.5 Å². The summed E-state index contributed by atoms with van der Waals surface area (Å²) in [5.41, 5.74) is 5.74. The lowest BCUT2D eigenvalue weighted by Gasteiger charge is -2.46. The van der Waals surface area contributed by atoms with E-state index in [2.05, 4.69) is 122 Å². The van der Waals surface area contributed by atoms with Crippen molar-refractivity contribution in [2.24, 2.45) is 10.8 Å². The lowest BCUT2D eigenvalue weighted by molar-refractivity contribution is -0.205. The van der Waals surface area contributed by atoms with Gasteiger partial charge >= 0.3 is 5.97 Å². The van der Waals surface area contributed by atoms with Gasteiger partial charge in [-0.15, -0.1) is 0 Å². The van der Waals surface area contributed by atoms with Crippen molar-refractivity contribution in [2.45, 2.75) is 265 Å². The third kappa shape index (κ3) is 20.6. The molecular formula is C72H106N8O9Si2. The first kappa shape index (κ1) is 72.6. The zero-order valence-electron chi connectivity index (χ0n) is 58.1. The molecule has 6 heterocycles. The molecule has 1 N–H and O–H groups in total. The summed E-state index contributed by atoms with van der Waals surface area (Å²) in [5.74, 6) is -0.136. The number of carbonyl (C=O) groups excluding carboxylic acids is 3. The molecule has 0 saturated carbocycles. The summed E-state index contributed by atoms with van der Waals surface area (Å²) in [6.45, 7) is 38.8. The van der Waals surface area contributed by atoms with Gasteiger partial charge in [-0.3, -0.25) is 19.6 Å². The zero-order valence-corrected chi connectivity index (χ0v) is 60.1. The quantitative estimate of drug-likeness (QED) is 0.0282. The third-order valence-electron chi connectivity index (χ3n) is 18.1. The second-order valence-corrected chi connectivity index (χ2v) is 43.1. The second kappa shape index (κ2) is 29.7. The predicted octanol–water partition coefficient (Wildman–Crippen LogP) is 15.2. The lowest BCUT2D eigenvalue weighted by atomic mass is 9.76. The van der Waals surface area contributed by atoms with Crippen LogP contribution in [0, 0.1) is 33.5 Å². The van der Waals surface area contributed by atoms with Crippen molar-refractivity contribution < 1.29 is 43.2 Å². The average Bonchev–Trinajstić information content (AvgIpc) is 1.36. The number of aliphatic hydroxyl groups is 1. The summed E-state index contributed by atoms with van der Waals surface area (Å²) < 4.78 is 33.4. The number of allylic oxidation sites excluding steroid dienone is 4. The number of hydrogen-bond donors (Lipinski definition) is 1. The van der Waals surface area contributed by atoms with Crippen molar-refractivity contribution in [1.29, 1.82) is 10.5 Å². The van der Waals surface area contributed by atoms with Crippen LogP contribution < -0.4 is 0 Å². The van der Waals surface area contributed by atoms with Gasteiger partial charge in [0.1, 0.15) is 25.6 Å². The number of nitrogens with zero attached hydrogens (tertiary/aromatic N) is 8. The van der Waals surface area contributed by atoms with E-state index in [0.29, 0.717) is 39.1 Å². The van der Waals surface area contributed by atoms with Crippen molar-refractivity contribution in [1.82, 2.24) is 29.1 Å². The highest BCUT2D eigenvalue weighted by atomic mass is 28.3. The summed E-state index contributed by atoms with van der Waals surface area (Å²) in [6, 6.07) is 14.3. The molecule has 19 heteroatoms. The van der Waals surface area contributed by atoms with Gasteiger partial charge < -0.3 is 37.9 Å². The molecule has 0 radical (unpaired) electrons. The number of pyridine rings is 2. The zero-order chi connectivity index (χ0) is 67.0. The maximum Gasteiger partial charge on any atom is 0.338 e. The molecule has 4 aliphatic rings. The van der Waals surface area contributed by atoms with E-state index in [1.54, 1.807) is 21.5 Å². The predicted molar refractivity (Wildman–Crippen MR) is 362 cm³/mol. The number of nitriles is 2. The van der Waals surface area contributed by atoms with Crippen LogP contribution in [0.15, 0.2) is 48.8 Å². The Hall–Kier alpha value is -5.78. The van der Waals surface area contributed by atoms with Gasteiger partial charge in [0.25, 0.3) is 0 Å². The Kier molecular flexibility index (Phi) is 23.7. The van der Waals surface area contributed by atoms with Crippen LogP contribution in [0.25, 0.3) is 11.1 Å². The molecule has 4 aromatic heterocycles. The van der Waals surface area contributed by atoms with Crippen LogP contribution in [0.1, 0.15) is 232 Å². The Labute approximate surface area is 545 Å². The Morgan fingerprint density at radius 3 is 1.46 bits per heavy atom. The molecule has 4 aromatic rings. The summed E-state index contributed by atoms with van der Waals surface area (Å²) in [4.78, 5) is 60.2. The number of Topliss-reactive ketones (excluding diaryl/α,β-unsaturated/α-hetero) is 2. The van der Waals surface area contributed by atoms with E-state index in [0.717, 1.165) is 109 Å². The molecule has 0 spiro atoms. The number of ether oxygens (including phenoxy) is 5. The number of hydrogen-bond acceptors (Lipinski definition) is 15. The van der Waals surface area contributed by atoms with Gasteiger partial charge in [0.2, 0.25) is 11.6 Å². The first-order valence-corrected chi connectivity index (χ1v) is 40.6. The minimum absolute atomic E-state index is 0.0352. The van der Waals surface area contributed by atoms with Crippen LogP contribution in [0.3, 0.4) is 0 Å². The average molecular weight is 1280 g/mol. The Morgan fingerprint density at radius 2 is 1.07 bits per heavy atom. The monoisotopic (exact) mass is 1280 g/mol. The fraction of sp³-hybridized carbons (Fsp3) is 0.653. The van der Waals surface area contributed by atoms with Gasteiger partial charge in [0, 0.05) is 77.8 Å². The van der Waals surface area contributed by atoms with Crippen LogP contribution in [0.5, 0.6) is 0 Å². The van der Waals surface area contributed by atoms with E-state index in [1.807, 2.05) is 52.0 Å². The van der Waals surface area contributed by atoms with E-state index >= 15 is 0 Å². The normalized spacial score (nSPS) is 22.7. The molecule has 0 aromatic carbocycles. The van der Waals surface area contributed by atoms with E-state index in [1.165, 1.54) is 5.57 Å². The fourth-order valence-corrected chi connectivity index (χ4v) is 14.4. The number of carbonyl (C=O) groups is 3. The number of aromatic nitrogens is 6. The molecule has 496 valence electrons. The van der Waals surface area contributed by atoms with Crippen LogP contribution in [0.2, 0.25) is 51.4 Å². The molecule has 8 rings (SSSR count). The smallest absolute Gasteiger partial charge is 0.338 e. The number of unbranched alkanes of at least 4 members (excludes halogenated alkanes) is 1. The van der Waals surface area contributed by atoms with Crippen LogP contribution in [0.4, 0.5) is 0 Å². The van der Waals surface area contributed by atoms with Gasteiger partial charge in [-0.1, -0.05) is 105 Å². The minimum atomic E-state index is -1.27. The van der Waals surface area contributed by atoms with Gasteiger partial charge in [0.05, 0.1) is 41.4 Å². The van der Waals surface area contributed by atoms with E-state index in [4.69, 9.17) is 33.7 Å². The van der Waals surface area contributed by atoms with Crippen LogP contribution in [-0.4, -0.2) is 117 Å². The van der Waals surface area contributed by atoms with Crippen molar-refractivity contribution in [3.8, 4) is 12.1 Å². The molecule has 0 amide bonds. The molecule has 91 heavy (non-hydrogen) atoms. The molecule has 4 atom stereocenters. The van der Waals surface area contributed by atoms with Gasteiger partial charge in [-0.25, -0.2) is 14.8 Å². The molecule has 0 bridgehead atoms. The third-order valence-corrected chi connectivity index (χ3v) is 21.5. The number of imidazole rings is 2. The summed E-state index contributed by atoms with van der Waals surface area (Å²) in [6.07, 6.45) is 18.1. The highest BCUT2D eigenvalue weighted by molar-refractivity contribution is 6.76. The number of aliphatic hydroxyl groups excluding tert-OH is 1. The Balaban J connectivity index is 0.000000260. The highest BCUT2D eigenvalue weighted by Gasteiger charge is 2.49. The number of ketones is 2.